The lowest BCUT2D eigenvalue weighted by molar-refractivity contribution is -0.153. The monoisotopic (exact) mass is 534 g/mol. The lowest BCUT2D eigenvalue weighted by Crippen LogP contribution is -2.31. The molecule has 3 aromatic carbocycles. The zero-order valence-electron chi connectivity index (χ0n) is 21.2. The van der Waals surface area contributed by atoms with Crippen LogP contribution >= 0.6 is 0 Å². The van der Waals surface area contributed by atoms with Crippen LogP contribution in [0.5, 0.6) is 5.88 Å². The van der Waals surface area contributed by atoms with Gasteiger partial charge in [-0.1, -0.05) is 42.5 Å². The van der Waals surface area contributed by atoms with Crippen molar-refractivity contribution in [3.05, 3.63) is 89.5 Å². The topological polar surface area (TPSA) is 132 Å². The third kappa shape index (κ3) is 5.16. The predicted octanol–water partition coefficient (Wildman–Crippen LogP) is 4.58. The molecule has 1 aromatic heterocycles. The van der Waals surface area contributed by atoms with Gasteiger partial charge in [-0.25, -0.2) is 13.2 Å². The van der Waals surface area contributed by atoms with E-state index in [1.165, 1.54) is 49.4 Å². The van der Waals surface area contributed by atoms with Crippen LogP contribution in [-0.4, -0.2) is 35.8 Å². The van der Waals surface area contributed by atoms with E-state index in [9.17, 15) is 27.9 Å². The number of aromatic nitrogens is 1. The van der Waals surface area contributed by atoms with Gasteiger partial charge in [-0.05, 0) is 58.0 Å². The Morgan fingerprint density at radius 3 is 2.11 bits per heavy atom. The Kier molecular flexibility index (Phi) is 6.86. The predicted molar refractivity (Wildman–Crippen MR) is 142 cm³/mol. The average molecular weight is 535 g/mol. The number of hydrogen-bond acceptors (Lipinski definition) is 7. The zero-order valence-corrected chi connectivity index (χ0v) is 22.0. The van der Waals surface area contributed by atoms with E-state index in [0.717, 1.165) is 4.73 Å². The van der Waals surface area contributed by atoms with E-state index in [1.807, 2.05) is 0 Å². The molecule has 10 heteroatoms. The normalized spacial score (nSPS) is 11.8. The summed E-state index contributed by atoms with van der Waals surface area (Å²) in [6.07, 6.45) is 0. The molecule has 196 valence electrons. The number of ketones is 2. The Morgan fingerprint density at radius 1 is 0.895 bits per heavy atom. The SMILES string of the molecule is CC(=O)c1ccc(S(=O)(=O)Nc2ccc3c(C(=O)c4ccccc4)c(O)n(OC(=O)C(C)(C)C)c3c2)cc1. The molecule has 0 fully saturated rings. The molecule has 0 unspecified atom stereocenters. The number of carbonyl (C=O) groups excluding carboxylic acids is 3. The molecule has 0 aliphatic rings. The van der Waals surface area contributed by atoms with E-state index in [0.29, 0.717) is 11.1 Å². The molecule has 0 radical (unpaired) electrons. The van der Waals surface area contributed by atoms with Gasteiger partial charge in [-0.15, -0.1) is 4.73 Å². The number of anilines is 1. The van der Waals surface area contributed by atoms with Crippen LogP contribution in [-0.2, 0) is 14.8 Å². The van der Waals surface area contributed by atoms with E-state index < -0.39 is 33.1 Å². The number of nitrogens with zero attached hydrogens (tertiary/aromatic N) is 1. The molecule has 0 atom stereocenters. The molecule has 1 heterocycles. The van der Waals surface area contributed by atoms with Gasteiger partial charge in [-0.2, -0.15) is 0 Å². The molecule has 2 N–H and O–H groups in total. The van der Waals surface area contributed by atoms with Crippen molar-refractivity contribution in [2.24, 2.45) is 5.41 Å². The molecular formula is C28H26N2O7S. The molecule has 4 rings (SSSR count). The molecule has 0 aliphatic heterocycles. The minimum Gasteiger partial charge on any atom is -0.492 e. The third-order valence-corrected chi connectivity index (χ3v) is 7.17. The second-order valence-electron chi connectivity index (χ2n) is 9.73. The minimum atomic E-state index is -4.05. The quantitative estimate of drug-likeness (QED) is 0.332. The minimum absolute atomic E-state index is 0.0695. The van der Waals surface area contributed by atoms with Gasteiger partial charge in [0.05, 0.1) is 27.1 Å². The van der Waals surface area contributed by atoms with Crippen molar-refractivity contribution >= 4 is 44.1 Å². The first kappa shape index (κ1) is 26.6. The summed E-state index contributed by atoms with van der Waals surface area (Å²) in [5.74, 6) is -1.97. The van der Waals surface area contributed by atoms with Crippen LogP contribution in [0.25, 0.3) is 10.9 Å². The van der Waals surface area contributed by atoms with E-state index >= 15 is 0 Å². The molecule has 38 heavy (non-hydrogen) atoms. The van der Waals surface area contributed by atoms with Gasteiger partial charge in [0.2, 0.25) is 5.88 Å². The second-order valence-corrected chi connectivity index (χ2v) is 11.4. The van der Waals surface area contributed by atoms with Crippen molar-refractivity contribution in [3.8, 4) is 5.88 Å². The number of nitrogens with one attached hydrogen (secondary N) is 1. The van der Waals surface area contributed by atoms with Crippen molar-refractivity contribution in [2.45, 2.75) is 32.6 Å². The van der Waals surface area contributed by atoms with Crippen molar-refractivity contribution < 1.29 is 32.7 Å². The molecule has 0 amide bonds. The fourth-order valence-electron chi connectivity index (χ4n) is 3.66. The highest BCUT2D eigenvalue weighted by atomic mass is 32.2. The van der Waals surface area contributed by atoms with Gasteiger partial charge < -0.3 is 9.94 Å². The Balaban J connectivity index is 1.81. The van der Waals surface area contributed by atoms with Gasteiger partial charge in [0.15, 0.2) is 11.6 Å². The highest BCUT2D eigenvalue weighted by Gasteiger charge is 2.30. The zero-order chi connectivity index (χ0) is 27.8. The Hall–Kier alpha value is -4.44. The number of Topliss-reactive ketones (excluding diaryl/α,β-unsaturated/α-hetero) is 1. The first-order valence-corrected chi connectivity index (χ1v) is 13.1. The van der Waals surface area contributed by atoms with E-state index in [2.05, 4.69) is 4.72 Å². The van der Waals surface area contributed by atoms with Crippen LogP contribution in [0, 0.1) is 5.41 Å². The van der Waals surface area contributed by atoms with Gasteiger partial charge in [-0.3, -0.25) is 14.3 Å². The fraction of sp³-hybridized carbons (Fsp3) is 0.179. The molecular weight excluding hydrogens is 508 g/mol. The number of benzene rings is 3. The summed E-state index contributed by atoms with van der Waals surface area (Å²) in [6, 6.07) is 18.0. The van der Waals surface area contributed by atoms with Gasteiger partial charge in [0.25, 0.3) is 10.0 Å². The number of rotatable bonds is 7. The van der Waals surface area contributed by atoms with Crippen molar-refractivity contribution in [2.75, 3.05) is 4.72 Å². The largest absolute Gasteiger partial charge is 0.492 e. The summed E-state index contributed by atoms with van der Waals surface area (Å²) >= 11 is 0. The highest BCUT2D eigenvalue weighted by molar-refractivity contribution is 7.92. The van der Waals surface area contributed by atoms with E-state index in [1.54, 1.807) is 51.1 Å². The molecule has 0 aliphatic carbocycles. The maximum absolute atomic E-state index is 13.3. The lowest BCUT2D eigenvalue weighted by atomic mass is 9.98. The Morgan fingerprint density at radius 2 is 1.53 bits per heavy atom. The summed E-state index contributed by atoms with van der Waals surface area (Å²) in [7, 11) is -4.05. The third-order valence-electron chi connectivity index (χ3n) is 5.77. The Bertz CT molecular complexity index is 1660. The van der Waals surface area contributed by atoms with Crippen LogP contribution in [0.4, 0.5) is 5.69 Å². The number of fused-ring (bicyclic) bond motifs is 1. The van der Waals surface area contributed by atoms with Crippen molar-refractivity contribution in [3.63, 3.8) is 0 Å². The first-order valence-electron chi connectivity index (χ1n) is 11.6. The fourth-order valence-corrected chi connectivity index (χ4v) is 4.71. The van der Waals surface area contributed by atoms with Gasteiger partial charge in [0, 0.05) is 16.5 Å². The van der Waals surface area contributed by atoms with Crippen molar-refractivity contribution in [1.29, 1.82) is 0 Å². The average Bonchev–Trinajstić information content (AvgIpc) is 3.13. The van der Waals surface area contributed by atoms with Crippen LogP contribution < -0.4 is 9.56 Å². The van der Waals surface area contributed by atoms with Crippen LogP contribution in [0.3, 0.4) is 0 Å². The van der Waals surface area contributed by atoms with Crippen molar-refractivity contribution in [1.82, 2.24) is 4.73 Å². The molecule has 9 nitrogen and oxygen atoms in total. The molecule has 0 saturated heterocycles. The van der Waals surface area contributed by atoms with Crippen LogP contribution in [0.2, 0.25) is 0 Å². The first-order chi connectivity index (χ1) is 17.8. The number of hydrogen-bond donors (Lipinski definition) is 2. The maximum Gasteiger partial charge on any atom is 0.338 e. The number of sulfonamides is 1. The lowest BCUT2D eigenvalue weighted by Gasteiger charge is -2.17. The molecule has 0 spiro atoms. The summed E-state index contributed by atoms with van der Waals surface area (Å²) in [4.78, 5) is 42.9. The van der Waals surface area contributed by atoms with E-state index in [-0.39, 0.29) is 32.8 Å². The van der Waals surface area contributed by atoms with E-state index in [4.69, 9.17) is 4.84 Å². The van der Waals surface area contributed by atoms with Crippen LogP contribution in [0.15, 0.2) is 77.7 Å². The highest BCUT2D eigenvalue weighted by Crippen LogP contribution is 2.35. The van der Waals surface area contributed by atoms with Crippen LogP contribution in [0.1, 0.15) is 54.0 Å². The smallest absolute Gasteiger partial charge is 0.338 e. The summed E-state index contributed by atoms with van der Waals surface area (Å²) in [5, 5.41) is 11.3. The maximum atomic E-state index is 13.3. The van der Waals surface area contributed by atoms with Gasteiger partial charge >= 0.3 is 5.97 Å². The second kappa shape index (κ2) is 9.79. The molecule has 4 aromatic rings. The summed E-state index contributed by atoms with van der Waals surface area (Å²) in [6.45, 7) is 6.27. The number of aromatic hydroxyl groups is 1. The molecule has 0 bridgehead atoms. The summed E-state index contributed by atoms with van der Waals surface area (Å²) < 4.78 is 29.2. The molecule has 0 saturated carbocycles. The Labute approximate surface area is 219 Å². The standard InChI is InChI=1S/C28H26N2O7S/c1-17(31)18-10-13-21(14-11-18)38(35,36)29-20-12-15-22-23(16-20)30(37-27(34)28(2,3)4)26(33)24(22)25(32)19-8-6-5-7-9-19/h5-16,29,33H,1-4H3. The summed E-state index contributed by atoms with van der Waals surface area (Å²) in [5.41, 5.74) is -0.151. The van der Waals surface area contributed by atoms with Gasteiger partial charge in [0.1, 0.15) is 0 Å². The number of carbonyl (C=O) groups is 3.